The Morgan fingerprint density at radius 1 is 0.750 bits per heavy atom. The summed E-state index contributed by atoms with van der Waals surface area (Å²) < 4.78 is 11.9. The van der Waals surface area contributed by atoms with Crippen molar-refractivity contribution in [3.05, 3.63) is 0 Å². The first-order valence-electron chi connectivity index (χ1n) is 9.90. The molecule has 0 aromatic heterocycles. The zero-order valence-corrected chi connectivity index (χ0v) is 16.4. The molecule has 2 heterocycles. The highest BCUT2D eigenvalue weighted by Gasteiger charge is 2.62. The summed E-state index contributed by atoms with van der Waals surface area (Å²) in [5.41, 5.74) is 0.600. The Kier molecular flexibility index (Phi) is 4.08. The van der Waals surface area contributed by atoms with E-state index in [1.165, 1.54) is 12.8 Å². The fourth-order valence-corrected chi connectivity index (χ4v) is 6.98. The summed E-state index contributed by atoms with van der Waals surface area (Å²) in [6, 6.07) is 1.35. The molecule has 4 fully saturated rings. The molecule has 6 unspecified atom stereocenters. The molecule has 2 saturated heterocycles. The molecule has 0 spiro atoms. The molecule has 2 aliphatic carbocycles. The number of ether oxygens (including phenoxy) is 2. The molecule has 4 nitrogen and oxygen atoms in total. The lowest BCUT2D eigenvalue weighted by Gasteiger charge is -2.59. The Morgan fingerprint density at radius 2 is 1.12 bits per heavy atom. The molecule has 0 aromatic carbocycles. The zero-order valence-electron chi connectivity index (χ0n) is 16.4. The molecule has 0 N–H and O–H groups in total. The van der Waals surface area contributed by atoms with Crippen molar-refractivity contribution in [1.82, 2.24) is 9.80 Å². The van der Waals surface area contributed by atoms with Crippen LogP contribution in [0.15, 0.2) is 0 Å². The molecule has 0 aromatic rings. The van der Waals surface area contributed by atoms with E-state index >= 15 is 0 Å². The van der Waals surface area contributed by atoms with E-state index in [-0.39, 0.29) is 0 Å². The first-order chi connectivity index (χ1) is 11.3. The van der Waals surface area contributed by atoms with Crippen LogP contribution in [0.3, 0.4) is 0 Å². The molecule has 138 valence electrons. The van der Waals surface area contributed by atoms with E-state index in [1.54, 1.807) is 0 Å². The Bertz CT molecular complexity index is 448. The molecule has 24 heavy (non-hydrogen) atoms. The summed E-state index contributed by atoms with van der Waals surface area (Å²) in [5, 5.41) is 0. The lowest BCUT2D eigenvalue weighted by Crippen LogP contribution is -2.68. The van der Waals surface area contributed by atoms with Gasteiger partial charge in [-0.2, -0.15) is 0 Å². The predicted molar refractivity (Wildman–Crippen MR) is 96.1 cm³/mol. The lowest BCUT2D eigenvalue weighted by atomic mass is 9.56. The number of fused-ring (bicyclic) bond motifs is 2. The van der Waals surface area contributed by atoms with Gasteiger partial charge in [0.15, 0.2) is 0 Å². The van der Waals surface area contributed by atoms with Crippen LogP contribution in [0.1, 0.15) is 40.5 Å². The van der Waals surface area contributed by atoms with Crippen LogP contribution in [-0.4, -0.2) is 74.5 Å². The van der Waals surface area contributed by atoms with Gasteiger partial charge in [-0.05, 0) is 26.9 Å². The Hall–Kier alpha value is -0.160. The fraction of sp³-hybridized carbons (Fsp3) is 1.00. The monoisotopic (exact) mass is 336 g/mol. The van der Waals surface area contributed by atoms with Gasteiger partial charge >= 0.3 is 0 Å². The van der Waals surface area contributed by atoms with Crippen molar-refractivity contribution in [2.45, 2.75) is 64.8 Å². The van der Waals surface area contributed by atoms with Gasteiger partial charge < -0.3 is 19.3 Å². The van der Waals surface area contributed by atoms with Crippen LogP contribution in [0.25, 0.3) is 0 Å². The number of hydrogen-bond acceptors (Lipinski definition) is 4. The molecule has 2 aliphatic heterocycles. The number of nitrogens with zero attached hydrogens (tertiary/aromatic N) is 2. The molecular weight excluding hydrogens is 300 g/mol. The van der Waals surface area contributed by atoms with Gasteiger partial charge in [-0.1, -0.05) is 27.7 Å². The number of hydrogen-bond donors (Lipinski definition) is 0. The van der Waals surface area contributed by atoms with E-state index in [4.69, 9.17) is 9.47 Å². The fourth-order valence-electron chi connectivity index (χ4n) is 6.98. The van der Waals surface area contributed by atoms with Crippen molar-refractivity contribution in [3.8, 4) is 0 Å². The standard InChI is InChI=1S/C20H36N2O2/c1-19(2)15(13-7-11-23-17(13)19)21(5)9-10-22(6)16-14-8-12-24-18(14)20(16,3)4/h13-18H,7-12H2,1-6H3. The SMILES string of the molecule is CN(CCN(C)C1C2CCOC2C1(C)C)C1C2CCOC2C1(C)C. The van der Waals surface area contributed by atoms with Crippen LogP contribution in [0.4, 0.5) is 0 Å². The summed E-state index contributed by atoms with van der Waals surface area (Å²) in [6.07, 6.45) is 3.47. The van der Waals surface area contributed by atoms with E-state index < -0.39 is 0 Å². The highest BCUT2D eigenvalue weighted by Crippen LogP contribution is 2.55. The Labute approximate surface area is 147 Å². The predicted octanol–water partition coefficient (Wildman–Crippen LogP) is 2.48. The van der Waals surface area contributed by atoms with E-state index in [1.807, 2.05) is 0 Å². The summed E-state index contributed by atoms with van der Waals surface area (Å²) in [4.78, 5) is 5.22. The first kappa shape index (κ1) is 17.3. The smallest absolute Gasteiger partial charge is 0.0685 e. The zero-order chi connectivity index (χ0) is 17.3. The topological polar surface area (TPSA) is 24.9 Å². The van der Waals surface area contributed by atoms with Crippen LogP contribution in [0, 0.1) is 22.7 Å². The lowest BCUT2D eigenvalue weighted by molar-refractivity contribution is -0.161. The van der Waals surface area contributed by atoms with E-state index in [2.05, 4.69) is 51.6 Å². The van der Waals surface area contributed by atoms with Crippen molar-refractivity contribution < 1.29 is 9.47 Å². The Balaban J connectivity index is 1.34. The molecule has 4 rings (SSSR count). The van der Waals surface area contributed by atoms with Crippen molar-refractivity contribution in [3.63, 3.8) is 0 Å². The molecular formula is C20H36N2O2. The van der Waals surface area contributed by atoms with Gasteiger partial charge in [-0.25, -0.2) is 0 Å². The maximum Gasteiger partial charge on any atom is 0.0685 e. The van der Waals surface area contributed by atoms with Crippen molar-refractivity contribution in [2.24, 2.45) is 22.7 Å². The highest BCUT2D eigenvalue weighted by molar-refractivity contribution is 5.13. The molecule has 4 heteroatoms. The van der Waals surface area contributed by atoms with Gasteiger partial charge in [0.25, 0.3) is 0 Å². The summed E-state index contributed by atoms with van der Waals surface area (Å²) in [6.45, 7) is 13.8. The summed E-state index contributed by atoms with van der Waals surface area (Å²) >= 11 is 0. The van der Waals surface area contributed by atoms with Gasteiger partial charge in [-0.15, -0.1) is 0 Å². The Morgan fingerprint density at radius 3 is 1.50 bits per heavy atom. The third-order valence-corrected chi connectivity index (χ3v) is 7.83. The minimum absolute atomic E-state index is 0.300. The summed E-state index contributed by atoms with van der Waals surface area (Å²) in [7, 11) is 4.64. The van der Waals surface area contributed by atoms with Crippen LogP contribution >= 0.6 is 0 Å². The van der Waals surface area contributed by atoms with Gasteiger partial charge in [0.05, 0.1) is 12.2 Å². The molecule has 0 radical (unpaired) electrons. The molecule has 2 saturated carbocycles. The van der Waals surface area contributed by atoms with Gasteiger partial charge in [0.1, 0.15) is 0 Å². The quantitative estimate of drug-likeness (QED) is 0.770. The maximum atomic E-state index is 5.96. The molecule has 4 aliphatic rings. The second-order valence-corrected chi connectivity index (χ2v) is 9.98. The van der Waals surface area contributed by atoms with E-state index in [0.29, 0.717) is 35.1 Å². The van der Waals surface area contributed by atoms with Crippen molar-refractivity contribution in [1.29, 1.82) is 0 Å². The van der Waals surface area contributed by atoms with Crippen LogP contribution in [0.5, 0.6) is 0 Å². The third kappa shape index (κ3) is 2.26. The normalized spacial score (nSPS) is 45.0. The highest BCUT2D eigenvalue weighted by atomic mass is 16.5. The van der Waals surface area contributed by atoms with Crippen LogP contribution < -0.4 is 0 Å². The van der Waals surface area contributed by atoms with Gasteiger partial charge in [0.2, 0.25) is 0 Å². The van der Waals surface area contributed by atoms with Gasteiger partial charge in [0, 0.05) is 61.1 Å². The third-order valence-electron chi connectivity index (χ3n) is 7.83. The van der Waals surface area contributed by atoms with Crippen molar-refractivity contribution in [2.75, 3.05) is 40.4 Å². The maximum absolute atomic E-state index is 5.96. The number of likely N-dealkylation sites (N-methyl/N-ethyl adjacent to an activating group) is 2. The average molecular weight is 337 g/mol. The van der Waals surface area contributed by atoms with Crippen LogP contribution in [-0.2, 0) is 9.47 Å². The van der Waals surface area contributed by atoms with E-state index in [9.17, 15) is 0 Å². The molecule has 0 bridgehead atoms. The largest absolute Gasteiger partial charge is 0.377 e. The van der Waals surface area contributed by atoms with E-state index in [0.717, 1.165) is 38.1 Å². The van der Waals surface area contributed by atoms with Gasteiger partial charge in [-0.3, -0.25) is 0 Å². The number of rotatable bonds is 5. The minimum Gasteiger partial charge on any atom is -0.377 e. The minimum atomic E-state index is 0.300. The summed E-state index contributed by atoms with van der Waals surface area (Å²) in [5.74, 6) is 1.51. The van der Waals surface area contributed by atoms with Crippen LogP contribution in [0.2, 0.25) is 0 Å². The van der Waals surface area contributed by atoms with Crippen molar-refractivity contribution >= 4 is 0 Å². The first-order valence-corrected chi connectivity index (χ1v) is 9.90. The second kappa shape index (κ2) is 5.67. The average Bonchev–Trinajstić information content (AvgIpc) is 3.11. The molecule has 0 amide bonds. The second-order valence-electron chi connectivity index (χ2n) is 9.98. The molecule has 6 atom stereocenters.